The van der Waals surface area contributed by atoms with Crippen molar-refractivity contribution in [2.45, 2.75) is 6.54 Å². The minimum absolute atomic E-state index is 0.309. The Morgan fingerprint density at radius 2 is 1.93 bits per heavy atom. The van der Waals surface area contributed by atoms with Gasteiger partial charge in [0.2, 0.25) is 0 Å². The molecule has 0 atom stereocenters. The molecule has 3 aromatic heterocycles. The molecular weight excluding hydrogens is 347 g/mol. The molecule has 0 aliphatic carbocycles. The topological polar surface area (TPSA) is 65.3 Å². The molecule has 5 rings (SSSR count). The van der Waals surface area contributed by atoms with Crippen molar-refractivity contribution in [2.24, 2.45) is 0 Å². The number of fused-ring (bicyclic) bond motifs is 2. The predicted molar refractivity (Wildman–Crippen MR) is 98.0 cm³/mol. The van der Waals surface area contributed by atoms with E-state index in [9.17, 15) is 9.18 Å². The molecule has 0 bridgehead atoms. The number of hydrogen-bond acceptors (Lipinski definition) is 4. The van der Waals surface area contributed by atoms with Crippen LogP contribution in [0.3, 0.4) is 0 Å². The molecule has 27 heavy (non-hydrogen) atoms. The molecule has 0 aliphatic heterocycles. The van der Waals surface area contributed by atoms with Gasteiger partial charge in [-0.3, -0.25) is 14.0 Å². The van der Waals surface area contributed by atoms with Crippen LogP contribution in [0.25, 0.3) is 28.0 Å². The number of imidazole rings is 1. The van der Waals surface area contributed by atoms with Crippen molar-refractivity contribution < 1.29 is 8.81 Å². The van der Waals surface area contributed by atoms with Gasteiger partial charge in [-0.1, -0.05) is 18.2 Å². The van der Waals surface area contributed by atoms with E-state index in [4.69, 9.17) is 4.42 Å². The summed E-state index contributed by atoms with van der Waals surface area (Å²) in [6.45, 7) is 0.312. The smallest absolute Gasteiger partial charge is 0.408 e. The quantitative estimate of drug-likeness (QED) is 0.494. The zero-order chi connectivity index (χ0) is 18.4. The maximum atomic E-state index is 13.1. The highest BCUT2D eigenvalue weighted by molar-refractivity contribution is 5.80. The number of benzene rings is 2. The molecule has 3 heterocycles. The normalized spacial score (nSPS) is 11.4. The van der Waals surface area contributed by atoms with E-state index >= 15 is 0 Å². The van der Waals surface area contributed by atoms with Crippen LogP contribution in [0.2, 0.25) is 0 Å². The molecule has 132 valence electrons. The second-order valence-corrected chi connectivity index (χ2v) is 6.21. The van der Waals surface area contributed by atoms with Gasteiger partial charge < -0.3 is 4.42 Å². The summed E-state index contributed by atoms with van der Waals surface area (Å²) in [7, 11) is 0. The molecular formula is C20H13FN4O2. The Hall–Kier alpha value is -3.74. The highest BCUT2D eigenvalue weighted by atomic mass is 19.1. The summed E-state index contributed by atoms with van der Waals surface area (Å²) in [6.07, 6.45) is 6.96. The molecule has 6 nitrogen and oxygen atoms in total. The van der Waals surface area contributed by atoms with Gasteiger partial charge in [-0.2, -0.15) is 0 Å². The number of halogens is 1. The minimum atomic E-state index is -0.450. The molecule has 0 unspecified atom stereocenters. The molecule has 0 amide bonds. The second-order valence-electron chi connectivity index (χ2n) is 6.21. The van der Waals surface area contributed by atoms with E-state index in [0.29, 0.717) is 17.6 Å². The summed E-state index contributed by atoms with van der Waals surface area (Å²) in [5, 5.41) is 0. The van der Waals surface area contributed by atoms with Crippen molar-refractivity contribution in [2.75, 3.05) is 0 Å². The van der Waals surface area contributed by atoms with Crippen molar-refractivity contribution in [3.8, 4) is 11.3 Å². The molecule has 5 aromatic rings. The van der Waals surface area contributed by atoms with E-state index in [-0.39, 0.29) is 5.82 Å². The van der Waals surface area contributed by atoms with Crippen LogP contribution in [0.15, 0.2) is 76.5 Å². The number of nitrogens with zero attached hydrogens (tertiary/aromatic N) is 4. The van der Waals surface area contributed by atoms with E-state index in [1.807, 2.05) is 28.8 Å². The third-order valence-corrected chi connectivity index (χ3v) is 4.54. The first-order valence-corrected chi connectivity index (χ1v) is 8.34. The van der Waals surface area contributed by atoms with Gasteiger partial charge in [0.25, 0.3) is 0 Å². The van der Waals surface area contributed by atoms with Gasteiger partial charge in [-0.05, 0) is 29.8 Å². The fourth-order valence-corrected chi connectivity index (χ4v) is 3.20. The van der Waals surface area contributed by atoms with Crippen LogP contribution in [0, 0.1) is 5.82 Å². The molecule has 0 spiro atoms. The van der Waals surface area contributed by atoms with Gasteiger partial charge in [0.15, 0.2) is 11.2 Å². The summed E-state index contributed by atoms with van der Waals surface area (Å²) in [5.41, 5.74) is 4.49. The fraction of sp³-hybridized carbons (Fsp3) is 0.0500. The van der Waals surface area contributed by atoms with Crippen molar-refractivity contribution in [1.82, 2.24) is 18.9 Å². The average Bonchev–Trinajstić information content (AvgIpc) is 3.24. The summed E-state index contributed by atoms with van der Waals surface area (Å²) >= 11 is 0. The zero-order valence-corrected chi connectivity index (χ0v) is 14.0. The number of aromatic nitrogens is 4. The lowest BCUT2D eigenvalue weighted by Gasteiger charge is -2.04. The maximum Gasteiger partial charge on any atom is 0.420 e. The van der Waals surface area contributed by atoms with Gasteiger partial charge in [-0.25, -0.2) is 14.2 Å². The van der Waals surface area contributed by atoms with Crippen molar-refractivity contribution >= 4 is 16.7 Å². The Labute approximate surface area is 152 Å². The molecule has 0 N–H and O–H groups in total. The Bertz CT molecular complexity index is 1330. The van der Waals surface area contributed by atoms with Crippen LogP contribution in [-0.2, 0) is 6.54 Å². The summed E-state index contributed by atoms with van der Waals surface area (Å²) < 4.78 is 22.0. The summed E-state index contributed by atoms with van der Waals surface area (Å²) in [4.78, 5) is 20.7. The molecule has 0 fully saturated rings. The van der Waals surface area contributed by atoms with Crippen molar-refractivity contribution in [3.05, 3.63) is 89.2 Å². The van der Waals surface area contributed by atoms with E-state index in [2.05, 4.69) is 9.97 Å². The van der Waals surface area contributed by atoms with Gasteiger partial charge in [0, 0.05) is 18.0 Å². The van der Waals surface area contributed by atoms with Crippen LogP contribution in [0.4, 0.5) is 4.39 Å². The highest BCUT2D eigenvalue weighted by Crippen LogP contribution is 2.25. The molecule has 7 heteroatoms. The Morgan fingerprint density at radius 3 is 2.78 bits per heavy atom. The van der Waals surface area contributed by atoms with Crippen LogP contribution < -0.4 is 5.76 Å². The van der Waals surface area contributed by atoms with Crippen LogP contribution >= 0.6 is 0 Å². The molecule has 0 radical (unpaired) electrons. The first-order chi connectivity index (χ1) is 13.2. The standard InChI is InChI=1S/C20H13FN4O2/c21-15-4-1-13(2-5-15)12-25-16-6-3-14(9-18(16)27-20(25)26)17-10-23-19-11-22-7-8-24(17)19/h1-11H,12H2. The van der Waals surface area contributed by atoms with Crippen molar-refractivity contribution in [3.63, 3.8) is 0 Å². The minimum Gasteiger partial charge on any atom is -0.408 e. The van der Waals surface area contributed by atoms with E-state index in [0.717, 1.165) is 22.5 Å². The summed E-state index contributed by atoms with van der Waals surface area (Å²) in [5.74, 6) is -0.759. The van der Waals surface area contributed by atoms with E-state index < -0.39 is 5.76 Å². The van der Waals surface area contributed by atoms with Gasteiger partial charge in [0.05, 0.1) is 30.1 Å². The van der Waals surface area contributed by atoms with Crippen molar-refractivity contribution in [1.29, 1.82) is 0 Å². The van der Waals surface area contributed by atoms with E-state index in [1.54, 1.807) is 30.7 Å². The third kappa shape index (κ3) is 2.60. The lowest BCUT2D eigenvalue weighted by atomic mass is 10.1. The number of hydrogen-bond donors (Lipinski definition) is 0. The average molecular weight is 360 g/mol. The van der Waals surface area contributed by atoms with Crippen LogP contribution in [0.5, 0.6) is 0 Å². The highest BCUT2D eigenvalue weighted by Gasteiger charge is 2.13. The number of oxazole rings is 1. The van der Waals surface area contributed by atoms with Gasteiger partial charge in [-0.15, -0.1) is 0 Å². The zero-order valence-electron chi connectivity index (χ0n) is 14.0. The molecule has 2 aromatic carbocycles. The maximum absolute atomic E-state index is 13.1. The Morgan fingerprint density at radius 1 is 1.07 bits per heavy atom. The first kappa shape index (κ1) is 15.5. The Balaban J connectivity index is 1.59. The molecule has 0 saturated heterocycles. The van der Waals surface area contributed by atoms with Gasteiger partial charge >= 0.3 is 5.76 Å². The Kier molecular flexibility index (Phi) is 3.39. The molecule has 0 aliphatic rings. The van der Waals surface area contributed by atoms with Crippen LogP contribution in [-0.4, -0.2) is 18.9 Å². The van der Waals surface area contributed by atoms with Crippen LogP contribution in [0.1, 0.15) is 5.56 Å². The largest absolute Gasteiger partial charge is 0.420 e. The summed E-state index contributed by atoms with van der Waals surface area (Å²) in [6, 6.07) is 11.6. The number of rotatable bonds is 3. The lowest BCUT2D eigenvalue weighted by molar-refractivity contribution is 0.517. The SMILES string of the molecule is O=c1oc2cc(-c3cnc4cnccn34)ccc2n1Cc1ccc(F)cc1. The predicted octanol–water partition coefficient (Wildman–Crippen LogP) is 3.49. The molecule has 0 saturated carbocycles. The van der Waals surface area contributed by atoms with E-state index in [1.165, 1.54) is 16.7 Å². The fourth-order valence-electron chi connectivity index (χ4n) is 3.20. The lowest BCUT2D eigenvalue weighted by Crippen LogP contribution is -2.14. The second kappa shape index (κ2) is 5.91. The van der Waals surface area contributed by atoms with Gasteiger partial charge in [0.1, 0.15) is 5.82 Å². The third-order valence-electron chi connectivity index (χ3n) is 4.54. The monoisotopic (exact) mass is 360 g/mol. The first-order valence-electron chi connectivity index (χ1n) is 8.34.